The van der Waals surface area contributed by atoms with Crippen LogP contribution in [0.3, 0.4) is 0 Å². The number of nitrogens with zero attached hydrogens (tertiary/aromatic N) is 1. The zero-order valence-electron chi connectivity index (χ0n) is 12.3. The Morgan fingerprint density at radius 3 is 2.61 bits per heavy atom. The molecule has 0 fully saturated rings. The predicted octanol–water partition coefficient (Wildman–Crippen LogP) is 4.64. The highest BCUT2D eigenvalue weighted by Crippen LogP contribution is 2.36. The summed E-state index contributed by atoms with van der Waals surface area (Å²) in [5.74, 6) is 0.844. The third kappa shape index (κ3) is 2.49. The van der Waals surface area contributed by atoms with Crippen LogP contribution in [0.5, 0.6) is 5.75 Å². The second kappa shape index (κ2) is 5.70. The molecule has 0 N–H and O–H groups in total. The first-order chi connectivity index (χ1) is 11.2. The lowest BCUT2D eigenvalue weighted by atomic mass is 10.1. The van der Waals surface area contributed by atoms with E-state index < -0.39 is 0 Å². The summed E-state index contributed by atoms with van der Waals surface area (Å²) in [4.78, 5) is 14.4. The van der Waals surface area contributed by atoms with E-state index in [4.69, 9.17) is 4.74 Å². The average Bonchev–Trinajstić information content (AvgIpc) is 2.83. The lowest BCUT2D eigenvalue weighted by molar-refractivity contribution is 0.0989. The van der Waals surface area contributed by atoms with E-state index in [-0.39, 0.29) is 5.91 Å². The molecule has 1 amide bonds. The summed E-state index contributed by atoms with van der Waals surface area (Å²) in [5.41, 5.74) is 1.75. The Balaban J connectivity index is 1.55. The molecule has 0 saturated carbocycles. The minimum Gasteiger partial charge on any atom is -0.492 e. The molecule has 1 aliphatic heterocycles. The molecule has 0 aliphatic carbocycles. The van der Waals surface area contributed by atoms with Crippen molar-refractivity contribution in [3.63, 3.8) is 0 Å². The van der Waals surface area contributed by atoms with E-state index in [0.29, 0.717) is 13.2 Å². The van der Waals surface area contributed by atoms with Gasteiger partial charge in [0.2, 0.25) is 0 Å². The van der Waals surface area contributed by atoms with Crippen molar-refractivity contribution in [1.82, 2.24) is 0 Å². The first-order valence-corrected chi connectivity index (χ1v) is 8.25. The first kappa shape index (κ1) is 14.3. The van der Waals surface area contributed by atoms with Crippen molar-refractivity contribution < 1.29 is 9.53 Å². The molecular formula is C19H14BrNO2. The maximum Gasteiger partial charge on any atom is 0.259 e. The van der Waals surface area contributed by atoms with Gasteiger partial charge in [0.05, 0.1) is 12.2 Å². The van der Waals surface area contributed by atoms with Gasteiger partial charge in [0.1, 0.15) is 12.4 Å². The van der Waals surface area contributed by atoms with Gasteiger partial charge < -0.3 is 9.64 Å². The molecule has 0 saturated heterocycles. The lowest BCUT2D eigenvalue weighted by Crippen LogP contribution is -2.31. The summed E-state index contributed by atoms with van der Waals surface area (Å²) in [7, 11) is 0. The monoisotopic (exact) mass is 367 g/mol. The number of carbonyl (C=O) groups is 1. The van der Waals surface area contributed by atoms with Crippen molar-refractivity contribution in [2.24, 2.45) is 0 Å². The van der Waals surface area contributed by atoms with Gasteiger partial charge in [0, 0.05) is 15.4 Å². The Labute approximate surface area is 142 Å². The Morgan fingerprint density at radius 1 is 1.00 bits per heavy atom. The fourth-order valence-corrected chi connectivity index (χ4v) is 3.39. The Hall–Kier alpha value is -2.33. The van der Waals surface area contributed by atoms with Crippen LogP contribution in [0.4, 0.5) is 5.69 Å². The molecule has 23 heavy (non-hydrogen) atoms. The molecule has 4 rings (SSSR count). The molecule has 3 aromatic rings. The van der Waals surface area contributed by atoms with E-state index in [2.05, 4.69) is 15.9 Å². The van der Waals surface area contributed by atoms with Crippen molar-refractivity contribution in [1.29, 1.82) is 0 Å². The largest absolute Gasteiger partial charge is 0.492 e. The number of hydrogen-bond acceptors (Lipinski definition) is 2. The smallest absolute Gasteiger partial charge is 0.259 e. The molecule has 0 aromatic heterocycles. The summed E-state index contributed by atoms with van der Waals surface area (Å²) in [6.07, 6.45) is 0. The van der Waals surface area contributed by atoms with Gasteiger partial charge in [-0.3, -0.25) is 4.79 Å². The number of benzene rings is 3. The lowest BCUT2D eigenvalue weighted by Gasteiger charge is -2.18. The maximum absolute atomic E-state index is 12.6. The van der Waals surface area contributed by atoms with Gasteiger partial charge in [0.25, 0.3) is 5.91 Å². The summed E-state index contributed by atoms with van der Waals surface area (Å²) in [6.45, 7) is 0.978. The Morgan fingerprint density at radius 2 is 1.78 bits per heavy atom. The summed E-state index contributed by atoms with van der Waals surface area (Å²) < 4.78 is 6.74. The second-order valence-electron chi connectivity index (χ2n) is 5.44. The molecule has 114 valence electrons. The van der Waals surface area contributed by atoms with Gasteiger partial charge >= 0.3 is 0 Å². The van der Waals surface area contributed by atoms with Crippen LogP contribution in [0.15, 0.2) is 65.1 Å². The topological polar surface area (TPSA) is 29.5 Å². The minimum absolute atomic E-state index is 0.0506. The molecule has 0 radical (unpaired) electrons. The molecule has 0 unspecified atom stereocenters. The second-order valence-corrected chi connectivity index (χ2v) is 6.36. The molecule has 0 bridgehead atoms. The quantitative estimate of drug-likeness (QED) is 0.671. The van der Waals surface area contributed by atoms with Crippen LogP contribution in [0, 0.1) is 0 Å². The van der Waals surface area contributed by atoms with Gasteiger partial charge in [-0.15, -0.1) is 0 Å². The first-order valence-electron chi connectivity index (χ1n) is 7.46. The minimum atomic E-state index is 0.0506. The maximum atomic E-state index is 12.6. The van der Waals surface area contributed by atoms with Crippen LogP contribution < -0.4 is 9.64 Å². The Kier molecular flexibility index (Phi) is 3.54. The van der Waals surface area contributed by atoms with Crippen LogP contribution in [-0.4, -0.2) is 19.1 Å². The summed E-state index contributed by atoms with van der Waals surface area (Å²) in [6, 6.07) is 19.6. The standard InChI is InChI=1S/C19H14BrNO2/c20-14-6-3-7-15(12-14)23-11-10-21-17-9-2-5-13-4-1-8-16(18(13)17)19(21)22/h1-9,12H,10-11H2. The fourth-order valence-electron chi connectivity index (χ4n) is 3.01. The molecular weight excluding hydrogens is 354 g/mol. The number of carbonyl (C=O) groups excluding carboxylic acids is 1. The van der Waals surface area contributed by atoms with Gasteiger partial charge in [-0.05, 0) is 35.7 Å². The van der Waals surface area contributed by atoms with Gasteiger partial charge in [0.15, 0.2) is 0 Å². The van der Waals surface area contributed by atoms with Gasteiger partial charge in [-0.1, -0.05) is 46.3 Å². The van der Waals surface area contributed by atoms with Crippen molar-refractivity contribution in [2.45, 2.75) is 0 Å². The predicted molar refractivity (Wildman–Crippen MR) is 95.3 cm³/mol. The fraction of sp³-hybridized carbons (Fsp3) is 0.105. The van der Waals surface area contributed by atoms with E-state index in [1.807, 2.05) is 60.7 Å². The number of rotatable bonds is 4. The van der Waals surface area contributed by atoms with E-state index >= 15 is 0 Å². The van der Waals surface area contributed by atoms with Gasteiger partial charge in [-0.25, -0.2) is 0 Å². The van der Waals surface area contributed by atoms with Crippen LogP contribution in [0.1, 0.15) is 10.4 Å². The third-order valence-electron chi connectivity index (χ3n) is 4.03. The van der Waals surface area contributed by atoms with Crippen molar-refractivity contribution in [2.75, 3.05) is 18.1 Å². The zero-order valence-corrected chi connectivity index (χ0v) is 13.9. The Bertz CT molecular complexity index is 902. The van der Waals surface area contributed by atoms with Crippen LogP contribution in [-0.2, 0) is 0 Å². The summed E-state index contributed by atoms with van der Waals surface area (Å²) in [5, 5.41) is 2.14. The molecule has 1 heterocycles. The van der Waals surface area contributed by atoms with Crippen LogP contribution in [0.2, 0.25) is 0 Å². The van der Waals surface area contributed by atoms with Crippen molar-refractivity contribution in [3.05, 3.63) is 70.7 Å². The highest BCUT2D eigenvalue weighted by Gasteiger charge is 2.29. The molecule has 0 atom stereocenters. The average molecular weight is 368 g/mol. The zero-order chi connectivity index (χ0) is 15.8. The highest BCUT2D eigenvalue weighted by molar-refractivity contribution is 9.10. The number of amides is 1. The van der Waals surface area contributed by atoms with Crippen molar-refractivity contribution >= 4 is 38.3 Å². The van der Waals surface area contributed by atoms with Crippen molar-refractivity contribution in [3.8, 4) is 5.75 Å². The number of ether oxygens (including phenoxy) is 1. The molecule has 1 aliphatic rings. The van der Waals surface area contributed by atoms with Gasteiger partial charge in [-0.2, -0.15) is 0 Å². The molecule has 3 nitrogen and oxygen atoms in total. The van der Waals surface area contributed by atoms with E-state index in [1.54, 1.807) is 4.90 Å². The summed E-state index contributed by atoms with van der Waals surface area (Å²) >= 11 is 3.42. The third-order valence-corrected chi connectivity index (χ3v) is 4.52. The van der Waals surface area contributed by atoms with Crippen LogP contribution in [0.25, 0.3) is 10.8 Å². The molecule has 0 spiro atoms. The van der Waals surface area contributed by atoms with Crippen LogP contribution >= 0.6 is 15.9 Å². The number of anilines is 1. The van der Waals surface area contributed by atoms with E-state index in [0.717, 1.165) is 32.2 Å². The number of hydrogen-bond donors (Lipinski definition) is 0. The SMILES string of the molecule is O=C1c2cccc3cccc(c23)N1CCOc1cccc(Br)c1. The highest BCUT2D eigenvalue weighted by atomic mass is 79.9. The molecule has 3 aromatic carbocycles. The number of halogens is 1. The van der Waals surface area contributed by atoms with E-state index in [9.17, 15) is 4.79 Å². The van der Waals surface area contributed by atoms with E-state index in [1.165, 1.54) is 0 Å². The molecule has 4 heteroatoms. The normalized spacial score (nSPS) is 12.9.